The van der Waals surface area contributed by atoms with Gasteiger partial charge in [-0.05, 0) is 44.2 Å². The average molecular weight is 363 g/mol. The van der Waals surface area contributed by atoms with E-state index in [-0.39, 0.29) is 11.9 Å². The molecule has 1 unspecified atom stereocenters. The molecule has 0 spiro atoms. The lowest BCUT2D eigenvalue weighted by molar-refractivity contribution is -0.119. The quantitative estimate of drug-likeness (QED) is 0.768. The first-order valence-corrected chi connectivity index (χ1v) is 10.0. The van der Waals surface area contributed by atoms with E-state index in [0.29, 0.717) is 11.8 Å². The molecule has 128 valence electrons. The first-order valence-electron chi connectivity index (χ1n) is 8.22. The Morgan fingerprint density at radius 2 is 2.21 bits per heavy atom. The number of hydrogen-bond donors (Lipinski definition) is 2. The Hall–Kier alpha value is -1.60. The van der Waals surface area contributed by atoms with Crippen molar-refractivity contribution in [3.05, 3.63) is 35.4 Å². The molecule has 0 fully saturated rings. The summed E-state index contributed by atoms with van der Waals surface area (Å²) in [6.07, 6.45) is 3.23. The molecule has 0 radical (unpaired) electrons. The van der Waals surface area contributed by atoms with E-state index < -0.39 is 0 Å². The van der Waals surface area contributed by atoms with Crippen LogP contribution in [0.25, 0.3) is 0 Å². The number of carbonyl (C=O) groups excluding carboxylic acids is 1. The van der Waals surface area contributed by atoms with E-state index in [2.05, 4.69) is 52.9 Å². The van der Waals surface area contributed by atoms with Gasteiger partial charge in [-0.3, -0.25) is 4.79 Å². The maximum absolute atomic E-state index is 12.3. The minimum atomic E-state index is 0.0512. The number of carbonyl (C=O) groups is 1. The summed E-state index contributed by atoms with van der Waals surface area (Å²) in [4.78, 5) is 12.3. The third-order valence-corrected chi connectivity index (χ3v) is 5.84. The monoisotopic (exact) mass is 362 g/mol. The van der Waals surface area contributed by atoms with Crippen molar-refractivity contribution < 1.29 is 4.79 Å². The van der Waals surface area contributed by atoms with Crippen LogP contribution in [0.1, 0.15) is 43.9 Å². The first kappa shape index (κ1) is 17.2. The fraction of sp³-hybridized carbons (Fsp3) is 0.471. The number of hydrogen-bond acceptors (Lipinski definition) is 6. The number of nitrogens with one attached hydrogen (secondary N) is 2. The molecule has 1 aliphatic carbocycles. The molecule has 1 aliphatic rings. The molecule has 7 heteroatoms. The molecule has 3 rings (SSSR count). The Balaban J connectivity index is 1.52. The van der Waals surface area contributed by atoms with Gasteiger partial charge in [0.1, 0.15) is 0 Å². The van der Waals surface area contributed by atoms with Crippen molar-refractivity contribution in [3.63, 3.8) is 0 Å². The highest BCUT2D eigenvalue weighted by molar-refractivity contribution is 8.01. The van der Waals surface area contributed by atoms with Gasteiger partial charge in [0.2, 0.25) is 11.0 Å². The van der Waals surface area contributed by atoms with Crippen LogP contribution in [0.5, 0.6) is 0 Å². The van der Waals surface area contributed by atoms with E-state index in [4.69, 9.17) is 0 Å². The van der Waals surface area contributed by atoms with Crippen LogP contribution < -0.4 is 10.6 Å². The van der Waals surface area contributed by atoms with Crippen LogP contribution in [0, 0.1) is 0 Å². The smallest absolute Gasteiger partial charge is 0.230 e. The molecule has 5 nitrogen and oxygen atoms in total. The predicted octanol–water partition coefficient (Wildman–Crippen LogP) is 3.64. The predicted molar refractivity (Wildman–Crippen MR) is 99.7 cm³/mol. The normalized spacial score (nSPS) is 16.7. The molecule has 1 amide bonds. The van der Waals surface area contributed by atoms with E-state index in [1.54, 1.807) is 0 Å². The third-order valence-electron chi connectivity index (χ3n) is 3.85. The highest BCUT2D eigenvalue weighted by atomic mass is 32.2. The number of rotatable bonds is 6. The van der Waals surface area contributed by atoms with Crippen LogP contribution in [0.4, 0.5) is 5.13 Å². The summed E-state index contributed by atoms with van der Waals surface area (Å²) in [6, 6.07) is 8.86. The molecule has 1 aromatic heterocycles. The molecule has 2 aromatic rings. The van der Waals surface area contributed by atoms with Crippen LogP contribution in [0.15, 0.2) is 28.6 Å². The minimum absolute atomic E-state index is 0.0512. The summed E-state index contributed by atoms with van der Waals surface area (Å²) < 4.78 is 0.817. The van der Waals surface area contributed by atoms with Crippen molar-refractivity contribution in [2.24, 2.45) is 0 Å². The van der Waals surface area contributed by atoms with Crippen molar-refractivity contribution in [1.29, 1.82) is 0 Å². The second-order valence-electron chi connectivity index (χ2n) is 6.17. The van der Waals surface area contributed by atoms with Crippen LogP contribution >= 0.6 is 23.1 Å². The summed E-state index contributed by atoms with van der Waals surface area (Å²) in [5.41, 5.74) is 2.62. The van der Waals surface area contributed by atoms with Crippen LogP contribution in [-0.4, -0.2) is 27.9 Å². The van der Waals surface area contributed by atoms with Gasteiger partial charge in [0.15, 0.2) is 4.34 Å². The Labute approximate surface area is 150 Å². The van der Waals surface area contributed by atoms with Gasteiger partial charge in [0, 0.05) is 6.04 Å². The van der Waals surface area contributed by atoms with Gasteiger partial charge in [0.05, 0.1) is 11.8 Å². The fourth-order valence-electron chi connectivity index (χ4n) is 2.84. The zero-order valence-corrected chi connectivity index (χ0v) is 15.5. The van der Waals surface area contributed by atoms with Crippen molar-refractivity contribution in [2.75, 3.05) is 11.1 Å². The topological polar surface area (TPSA) is 66.9 Å². The molecular formula is C17H22N4OS2. The standard InChI is InChI=1S/C17H22N4OS2/c1-11(2)18-16-20-21-17(24-16)23-10-15(22)19-14-9-5-7-12-6-3-4-8-13(12)14/h3-4,6,8,11,14H,5,7,9-10H2,1-2H3,(H,18,20)(H,19,22). The minimum Gasteiger partial charge on any atom is -0.358 e. The summed E-state index contributed by atoms with van der Waals surface area (Å²) in [5, 5.41) is 15.4. The van der Waals surface area contributed by atoms with E-state index in [0.717, 1.165) is 28.7 Å². The number of aryl methyl sites for hydroxylation is 1. The molecule has 24 heavy (non-hydrogen) atoms. The van der Waals surface area contributed by atoms with Crippen molar-refractivity contribution in [1.82, 2.24) is 15.5 Å². The van der Waals surface area contributed by atoms with Crippen molar-refractivity contribution in [3.8, 4) is 0 Å². The van der Waals surface area contributed by atoms with E-state index in [9.17, 15) is 4.79 Å². The van der Waals surface area contributed by atoms with Gasteiger partial charge < -0.3 is 10.6 Å². The summed E-state index contributed by atoms with van der Waals surface area (Å²) in [7, 11) is 0. The molecule has 0 saturated heterocycles. The van der Waals surface area contributed by atoms with Crippen molar-refractivity contribution in [2.45, 2.75) is 49.5 Å². The maximum atomic E-state index is 12.3. The lowest BCUT2D eigenvalue weighted by atomic mass is 9.88. The Bertz CT molecular complexity index is 701. The van der Waals surface area contributed by atoms with E-state index in [1.807, 2.05) is 6.07 Å². The molecule has 2 N–H and O–H groups in total. The Kier molecular flexibility index (Phi) is 5.73. The van der Waals surface area contributed by atoms with Gasteiger partial charge in [-0.15, -0.1) is 10.2 Å². The van der Waals surface area contributed by atoms with Gasteiger partial charge in [0.25, 0.3) is 0 Å². The number of anilines is 1. The van der Waals surface area contributed by atoms with Gasteiger partial charge >= 0.3 is 0 Å². The zero-order chi connectivity index (χ0) is 16.9. The zero-order valence-electron chi connectivity index (χ0n) is 13.9. The number of benzene rings is 1. The molecule has 0 bridgehead atoms. The molecule has 0 saturated carbocycles. The van der Waals surface area contributed by atoms with Crippen LogP contribution in [0.2, 0.25) is 0 Å². The summed E-state index contributed by atoms with van der Waals surface area (Å²) in [6.45, 7) is 4.12. The molecule has 1 aromatic carbocycles. The molecular weight excluding hydrogens is 340 g/mol. The number of aromatic nitrogens is 2. The first-order chi connectivity index (χ1) is 11.6. The maximum Gasteiger partial charge on any atom is 0.230 e. The number of nitrogens with zero attached hydrogens (tertiary/aromatic N) is 2. The third kappa shape index (κ3) is 4.48. The van der Waals surface area contributed by atoms with E-state index in [1.165, 1.54) is 34.2 Å². The van der Waals surface area contributed by atoms with Gasteiger partial charge in [-0.2, -0.15) is 0 Å². The number of fused-ring (bicyclic) bond motifs is 1. The SMILES string of the molecule is CC(C)Nc1nnc(SCC(=O)NC2CCCc3ccccc32)s1. The van der Waals surface area contributed by atoms with Crippen LogP contribution in [-0.2, 0) is 11.2 Å². The highest BCUT2D eigenvalue weighted by Crippen LogP contribution is 2.30. The second kappa shape index (κ2) is 7.98. The molecule has 1 heterocycles. The highest BCUT2D eigenvalue weighted by Gasteiger charge is 2.21. The average Bonchev–Trinajstić information content (AvgIpc) is 3.00. The fourth-order valence-corrected chi connectivity index (χ4v) is 4.55. The van der Waals surface area contributed by atoms with Crippen LogP contribution in [0.3, 0.4) is 0 Å². The summed E-state index contributed by atoms with van der Waals surface area (Å²) >= 11 is 2.93. The number of thioether (sulfide) groups is 1. The Morgan fingerprint density at radius 1 is 1.38 bits per heavy atom. The Morgan fingerprint density at radius 3 is 3.04 bits per heavy atom. The second-order valence-corrected chi connectivity index (χ2v) is 8.37. The summed E-state index contributed by atoms with van der Waals surface area (Å²) in [5.74, 6) is 0.421. The van der Waals surface area contributed by atoms with Crippen molar-refractivity contribution >= 4 is 34.1 Å². The molecule has 1 atom stereocenters. The lowest BCUT2D eigenvalue weighted by Gasteiger charge is -2.26. The van der Waals surface area contributed by atoms with E-state index >= 15 is 0 Å². The largest absolute Gasteiger partial charge is 0.358 e. The molecule has 0 aliphatic heterocycles. The van der Waals surface area contributed by atoms with Gasteiger partial charge in [-0.1, -0.05) is 47.4 Å². The number of amides is 1. The lowest BCUT2D eigenvalue weighted by Crippen LogP contribution is -2.32. The van der Waals surface area contributed by atoms with Gasteiger partial charge in [-0.25, -0.2) is 0 Å².